The highest BCUT2D eigenvalue weighted by Gasteiger charge is 2.51. The minimum absolute atomic E-state index is 0.164. The van der Waals surface area contributed by atoms with Crippen LogP contribution in [0.15, 0.2) is 60.7 Å². The number of carbonyl (C=O) groups is 3. The maximum absolute atomic E-state index is 12.8. The van der Waals surface area contributed by atoms with Crippen molar-refractivity contribution in [3.63, 3.8) is 0 Å². The van der Waals surface area contributed by atoms with E-state index in [2.05, 4.69) is 10.6 Å². The number of amides is 2. The number of rotatable bonds is 10. The molecule has 3 atom stereocenters. The van der Waals surface area contributed by atoms with E-state index in [-0.39, 0.29) is 37.5 Å². The largest absolute Gasteiger partial charge is 0.460 e. The monoisotopic (exact) mass is 464 g/mol. The number of benzene rings is 2. The van der Waals surface area contributed by atoms with Gasteiger partial charge < -0.3 is 20.1 Å². The van der Waals surface area contributed by atoms with Crippen LogP contribution in [0.3, 0.4) is 0 Å². The van der Waals surface area contributed by atoms with Crippen molar-refractivity contribution in [2.24, 2.45) is 17.3 Å². The van der Waals surface area contributed by atoms with Gasteiger partial charge in [0.05, 0.1) is 0 Å². The van der Waals surface area contributed by atoms with Gasteiger partial charge in [0.15, 0.2) is 0 Å². The van der Waals surface area contributed by atoms with Crippen LogP contribution < -0.4 is 10.6 Å². The van der Waals surface area contributed by atoms with Crippen LogP contribution in [-0.2, 0) is 32.3 Å². The summed E-state index contributed by atoms with van der Waals surface area (Å²) in [6.45, 7) is 0.617. The summed E-state index contributed by atoms with van der Waals surface area (Å²) in [5.41, 5.74) is 1.52. The van der Waals surface area contributed by atoms with Gasteiger partial charge in [-0.15, -0.1) is 0 Å². The van der Waals surface area contributed by atoms with Crippen LogP contribution >= 0.6 is 0 Å². The molecule has 2 aliphatic rings. The second-order valence-corrected chi connectivity index (χ2v) is 9.46. The summed E-state index contributed by atoms with van der Waals surface area (Å²) >= 11 is 0. The second-order valence-electron chi connectivity index (χ2n) is 9.46. The lowest BCUT2D eigenvalue weighted by atomic mass is 9.70. The first-order valence-electron chi connectivity index (χ1n) is 11.9. The van der Waals surface area contributed by atoms with Crippen LogP contribution in [0.2, 0.25) is 0 Å². The minimum atomic E-state index is -0.476. The number of carbonyl (C=O) groups excluding carboxylic acids is 3. The number of alkyl carbamates (subject to hydrolysis) is 1. The summed E-state index contributed by atoms with van der Waals surface area (Å²) < 4.78 is 10.6. The van der Waals surface area contributed by atoms with Gasteiger partial charge in [0.2, 0.25) is 5.91 Å². The third-order valence-corrected chi connectivity index (χ3v) is 7.09. The van der Waals surface area contributed by atoms with Gasteiger partial charge in [0.1, 0.15) is 19.8 Å². The molecule has 180 valence electrons. The highest BCUT2D eigenvalue weighted by atomic mass is 16.5. The van der Waals surface area contributed by atoms with Crippen molar-refractivity contribution in [2.45, 2.75) is 45.3 Å². The van der Waals surface area contributed by atoms with Crippen molar-refractivity contribution in [3.8, 4) is 0 Å². The number of esters is 1. The first-order valence-corrected chi connectivity index (χ1v) is 11.9. The fourth-order valence-electron chi connectivity index (χ4n) is 5.42. The Morgan fingerprint density at radius 3 is 2.09 bits per heavy atom. The summed E-state index contributed by atoms with van der Waals surface area (Å²) in [5.74, 6) is 0.323. The number of fused-ring (bicyclic) bond motifs is 2. The van der Waals surface area contributed by atoms with Gasteiger partial charge in [-0.1, -0.05) is 67.1 Å². The van der Waals surface area contributed by atoms with Gasteiger partial charge in [-0.3, -0.25) is 9.59 Å². The molecule has 0 aromatic heterocycles. The molecule has 4 rings (SSSR count). The molecule has 34 heavy (non-hydrogen) atoms. The Morgan fingerprint density at radius 1 is 0.853 bits per heavy atom. The van der Waals surface area contributed by atoms with E-state index in [0.29, 0.717) is 18.4 Å². The van der Waals surface area contributed by atoms with Crippen molar-refractivity contribution in [2.75, 3.05) is 13.1 Å². The topological polar surface area (TPSA) is 93.7 Å². The average molecular weight is 465 g/mol. The van der Waals surface area contributed by atoms with Crippen LogP contribution in [0.25, 0.3) is 0 Å². The maximum atomic E-state index is 12.8. The highest BCUT2D eigenvalue weighted by molar-refractivity contribution is 5.82. The first-order chi connectivity index (χ1) is 16.5. The molecule has 0 aliphatic heterocycles. The average Bonchev–Trinajstić information content (AvgIpc) is 3.47. The molecule has 0 saturated heterocycles. The van der Waals surface area contributed by atoms with E-state index in [1.165, 1.54) is 6.42 Å². The number of ether oxygens (including phenoxy) is 2. The van der Waals surface area contributed by atoms with Crippen LogP contribution in [0.1, 0.15) is 43.2 Å². The summed E-state index contributed by atoms with van der Waals surface area (Å²) in [6.07, 6.45) is 4.04. The minimum Gasteiger partial charge on any atom is -0.460 e. The molecule has 0 heterocycles. The number of nitrogens with one attached hydrogen (secondary N) is 2. The highest BCUT2D eigenvalue weighted by Crippen LogP contribution is 2.57. The van der Waals surface area contributed by atoms with E-state index in [1.54, 1.807) is 0 Å². The van der Waals surface area contributed by atoms with Crippen molar-refractivity contribution in [3.05, 3.63) is 71.8 Å². The fourth-order valence-corrected chi connectivity index (χ4v) is 5.42. The lowest BCUT2D eigenvalue weighted by Gasteiger charge is -2.37. The lowest BCUT2D eigenvalue weighted by molar-refractivity contribution is -0.145. The summed E-state index contributed by atoms with van der Waals surface area (Å²) in [7, 11) is 0. The Kier molecular flexibility index (Phi) is 7.83. The number of hydrogen-bond donors (Lipinski definition) is 2. The molecule has 2 aromatic rings. The molecule has 2 aromatic carbocycles. The van der Waals surface area contributed by atoms with Gasteiger partial charge in [-0.05, 0) is 47.6 Å². The van der Waals surface area contributed by atoms with E-state index in [1.807, 2.05) is 60.7 Å². The lowest BCUT2D eigenvalue weighted by Crippen LogP contribution is -2.45. The van der Waals surface area contributed by atoms with Crippen molar-refractivity contribution < 1.29 is 23.9 Å². The van der Waals surface area contributed by atoms with E-state index >= 15 is 0 Å². The zero-order valence-electron chi connectivity index (χ0n) is 19.3. The Balaban J connectivity index is 1.24. The molecule has 2 amide bonds. The molecule has 0 radical (unpaired) electrons. The Labute approximate surface area is 200 Å². The molecule has 2 aliphatic carbocycles. The van der Waals surface area contributed by atoms with Crippen LogP contribution in [-0.4, -0.2) is 31.1 Å². The van der Waals surface area contributed by atoms with Gasteiger partial charge in [0.25, 0.3) is 0 Å². The molecule has 2 fully saturated rings. The van der Waals surface area contributed by atoms with Crippen molar-refractivity contribution in [1.82, 2.24) is 10.6 Å². The molecule has 2 bridgehead atoms. The third-order valence-electron chi connectivity index (χ3n) is 7.09. The zero-order valence-corrected chi connectivity index (χ0v) is 19.3. The predicted molar refractivity (Wildman–Crippen MR) is 126 cm³/mol. The maximum Gasteiger partial charge on any atom is 0.407 e. The smallest absolute Gasteiger partial charge is 0.407 e. The summed E-state index contributed by atoms with van der Waals surface area (Å²) in [6, 6.07) is 18.9. The Hall–Kier alpha value is -3.35. The molecular weight excluding hydrogens is 432 g/mol. The van der Waals surface area contributed by atoms with E-state index in [9.17, 15) is 14.4 Å². The zero-order chi connectivity index (χ0) is 23.8. The summed E-state index contributed by atoms with van der Waals surface area (Å²) in [5, 5.41) is 5.60. The van der Waals surface area contributed by atoms with E-state index in [4.69, 9.17) is 9.47 Å². The first kappa shape index (κ1) is 23.8. The van der Waals surface area contributed by atoms with E-state index < -0.39 is 12.1 Å². The summed E-state index contributed by atoms with van der Waals surface area (Å²) in [4.78, 5) is 37.1. The van der Waals surface area contributed by atoms with Gasteiger partial charge in [0, 0.05) is 13.0 Å². The van der Waals surface area contributed by atoms with Gasteiger partial charge >= 0.3 is 12.1 Å². The molecule has 2 saturated carbocycles. The molecule has 7 nitrogen and oxygen atoms in total. The standard InChI is InChI=1S/C27H32N2O5/c30-24(28-16-25(31)33-17-20-7-3-1-4-8-20)15-27(14-22-11-12-23(27)13-22)19-29-26(32)34-18-21-9-5-2-6-10-21/h1-10,22-23H,11-19H2,(H,28,30)(H,29,32). The molecule has 7 heteroatoms. The van der Waals surface area contributed by atoms with Gasteiger partial charge in [-0.25, -0.2) is 4.79 Å². The second kappa shape index (κ2) is 11.2. The van der Waals surface area contributed by atoms with Gasteiger partial charge in [-0.2, -0.15) is 0 Å². The number of hydrogen-bond acceptors (Lipinski definition) is 5. The van der Waals surface area contributed by atoms with Crippen LogP contribution in [0.4, 0.5) is 4.79 Å². The normalized spacial score (nSPS) is 22.7. The van der Waals surface area contributed by atoms with Crippen molar-refractivity contribution >= 4 is 18.0 Å². The third kappa shape index (κ3) is 6.37. The predicted octanol–water partition coefficient (Wildman–Crippen LogP) is 3.97. The van der Waals surface area contributed by atoms with Crippen LogP contribution in [0, 0.1) is 17.3 Å². The van der Waals surface area contributed by atoms with Crippen molar-refractivity contribution in [1.29, 1.82) is 0 Å². The quantitative estimate of drug-likeness (QED) is 0.519. The Bertz CT molecular complexity index is 981. The molecule has 2 N–H and O–H groups in total. The Morgan fingerprint density at radius 2 is 1.50 bits per heavy atom. The fraction of sp³-hybridized carbons (Fsp3) is 0.444. The van der Waals surface area contributed by atoms with Crippen LogP contribution in [0.5, 0.6) is 0 Å². The molecule has 0 spiro atoms. The SMILES string of the molecule is O=C(CC1(CNC(=O)OCc2ccccc2)CC2CCC1C2)NCC(=O)OCc1ccccc1. The molecular formula is C27H32N2O5. The molecule has 3 unspecified atom stereocenters. The van der Waals surface area contributed by atoms with E-state index in [0.717, 1.165) is 30.4 Å².